The first-order valence-electron chi connectivity index (χ1n) is 28.9. The third kappa shape index (κ3) is 16.4. The first kappa shape index (κ1) is 60.9. The summed E-state index contributed by atoms with van der Waals surface area (Å²) in [5.41, 5.74) is 31.0. The van der Waals surface area contributed by atoms with Gasteiger partial charge in [0.15, 0.2) is 12.6 Å². The number of ether oxygens (including phenoxy) is 6. The molecule has 27 nitrogen and oxygen atoms in total. The highest BCUT2D eigenvalue weighted by molar-refractivity contribution is 5.83. The van der Waals surface area contributed by atoms with E-state index in [1.165, 1.54) is 12.8 Å². The monoisotopic (exact) mass is 1140 g/mol. The van der Waals surface area contributed by atoms with Crippen LogP contribution in [0.1, 0.15) is 74.9 Å². The van der Waals surface area contributed by atoms with Crippen molar-refractivity contribution in [3.8, 4) is 17.1 Å². The molecule has 13 N–H and O–H groups in total. The predicted molar refractivity (Wildman–Crippen MR) is 302 cm³/mol. The number of aromatic nitrogens is 11. The Hall–Kier alpha value is -5.63. The fourth-order valence-corrected chi connectivity index (χ4v) is 10.7. The lowest BCUT2D eigenvalue weighted by Crippen LogP contribution is -2.64. The normalized spacial score (nSPS) is 25.3. The Morgan fingerprint density at radius 2 is 1.37 bits per heavy atom. The number of rotatable bonds is 31. The fourth-order valence-electron chi connectivity index (χ4n) is 10.7. The molecule has 9 rings (SSSR count). The number of nitrogens with two attached hydrogens (primary N) is 4. The van der Waals surface area contributed by atoms with E-state index in [2.05, 4.69) is 71.0 Å². The van der Waals surface area contributed by atoms with E-state index < -0.39 is 80.0 Å². The molecule has 3 aliphatic rings. The van der Waals surface area contributed by atoms with Crippen molar-refractivity contribution in [2.24, 2.45) is 22.9 Å². The van der Waals surface area contributed by atoms with Crippen LogP contribution in [0.2, 0.25) is 0 Å². The third-order valence-electron chi connectivity index (χ3n) is 15.7. The van der Waals surface area contributed by atoms with Crippen LogP contribution in [0.4, 0.5) is 5.69 Å². The second kappa shape index (κ2) is 29.8. The molecule has 2 aliphatic heterocycles. The lowest BCUT2D eigenvalue weighted by Gasteiger charge is -2.43. The molecule has 2 aromatic carbocycles. The molecule has 82 heavy (non-hydrogen) atoms. The number of aromatic amines is 1. The van der Waals surface area contributed by atoms with Gasteiger partial charge in [0.1, 0.15) is 60.5 Å². The van der Waals surface area contributed by atoms with Crippen LogP contribution in [0, 0.1) is 0 Å². The highest BCUT2D eigenvalue weighted by Gasteiger charge is 2.46. The number of nitrogens with zero attached hydrogens (tertiary/aromatic N) is 12. The van der Waals surface area contributed by atoms with Crippen molar-refractivity contribution >= 4 is 16.7 Å². The number of H-pyrrole nitrogens is 1. The molecule has 0 bridgehead atoms. The molecule has 0 amide bonds. The number of unbranched alkanes of at least 4 members (excludes halogenated alkanes) is 6. The zero-order chi connectivity index (χ0) is 57.5. The van der Waals surface area contributed by atoms with E-state index in [0.29, 0.717) is 19.4 Å². The first-order chi connectivity index (χ1) is 39.8. The quantitative estimate of drug-likeness (QED) is 0.0208. The average Bonchev–Trinajstić information content (AvgIpc) is 4.37. The van der Waals surface area contributed by atoms with E-state index in [1.807, 2.05) is 52.2 Å². The van der Waals surface area contributed by atoms with Crippen LogP contribution >= 0.6 is 0 Å². The second-order valence-electron chi connectivity index (χ2n) is 22.0. The van der Waals surface area contributed by atoms with E-state index >= 15 is 0 Å². The average molecular weight is 1140 g/mol. The zero-order valence-corrected chi connectivity index (χ0v) is 47.2. The smallest absolute Gasteiger partial charge is 0.186 e. The molecule has 8 unspecified atom stereocenters. The van der Waals surface area contributed by atoms with Gasteiger partial charge < -0.3 is 86.6 Å². The van der Waals surface area contributed by atoms with Crippen molar-refractivity contribution in [1.82, 2.24) is 59.8 Å². The molecule has 27 heteroatoms. The van der Waals surface area contributed by atoms with Crippen molar-refractivity contribution in [1.29, 1.82) is 0 Å². The molecular weight excluding hydrogens is 1060 g/mol. The number of anilines is 1. The highest BCUT2D eigenvalue weighted by Crippen LogP contribution is 2.29. The molecule has 4 aromatic heterocycles. The number of likely N-dealkylation sites (N-methyl/N-ethyl adjacent to an activating group) is 1. The molecule has 450 valence electrons. The number of aryl methyl sites for hydroxylation is 4. The number of benzene rings is 2. The Morgan fingerprint density at radius 1 is 0.732 bits per heavy atom. The van der Waals surface area contributed by atoms with Crippen LogP contribution in [0.15, 0.2) is 61.1 Å². The molecule has 6 aromatic rings. The fraction of sp³-hybridized carbons (Fsp3) is 0.655. The summed E-state index contributed by atoms with van der Waals surface area (Å²) in [5, 5.41) is 69.0. The number of fused-ring (bicyclic) bond motifs is 1. The maximum atomic E-state index is 11.3. The van der Waals surface area contributed by atoms with Gasteiger partial charge in [0.2, 0.25) is 0 Å². The largest absolute Gasteiger partial charge is 0.487 e. The molecule has 6 heterocycles. The van der Waals surface area contributed by atoms with Crippen molar-refractivity contribution in [3.05, 3.63) is 78.1 Å². The summed E-state index contributed by atoms with van der Waals surface area (Å²) >= 11 is 0. The maximum absolute atomic E-state index is 11.3. The predicted octanol–water partition coefficient (Wildman–Crippen LogP) is 0.214. The summed E-state index contributed by atoms with van der Waals surface area (Å²) in [5.74, 6) is 1.60. The molecule has 1 aliphatic carbocycles. The number of piperazine rings is 1. The van der Waals surface area contributed by atoms with Crippen LogP contribution in [0.5, 0.6) is 5.75 Å². The summed E-state index contributed by atoms with van der Waals surface area (Å²) in [6, 6.07) is 12.1. The van der Waals surface area contributed by atoms with Gasteiger partial charge in [-0.2, -0.15) is 0 Å². The minimum absolute atomic E-state index is 0.0196. The van der Waals surface area contributed by atoms with Crippen LogP contribution in [-0.2, 0) is 62.8 Å². The minimum atomic E-state index is -1.46. The van der Waals surface area contributed by atoms with Gasteiger partial charge >= 0.3 is 0 Å². The van der Waals surface area contributed by atoms with Gasteiger partial charge in [-0.25, -0.2) is 9.67 Å². The van der Waals surface area contributed by atoms with Gasteiger partial charge in [-0.15, -0.1) is 15.3 Å². The summed E-state index contributed by atoms with van der Waals surface area (Å²) in [6.45, 7) is 5.94. The van der Waals surface area contributed by atoms with Crippen molar-refractivity contribution in [2.75, 3.05) is 65.0 Å². The number of hydrogen-bond acceptors (Lipinski definition) is 23. The van der Waals surface area contributed by atoms with Gasteiger partial charge in [-0.3, -0.25) is 9.36 Å². The summed E-state index contributed by atoms with van der Waals surface area (Å²) < 4.78 is 40.7. The zero-order valence-electron chi connectivity index (χ0n) is 47.2. The topological polar surface area (TPSA) is 368 Å². The van der Waals surface area contributed by atoms with Gasteiger partial charge in [0.25, 0.3) is 0 Å². The van der Waals surface area contributed by atoms with Gasteiger partial charge in [0.05, 0.1) is 60.5 Å². The van der Waals surface area contributed by atoms with Crippen LogP contribution in [-0.4, -0.2) is 214 Å². The molecule has 12 atom stereocenters. The Morgan fingerprint density at radius 3 is 2.02 bits per heavy atom. The molecule has 1 saturated carbocycles. The van der Waals surface area contributed by atoms with Gasteiger partial charge in [-0.05, 0) is 94.5 Å². The highest BCUT2D eigenvalue weighted by atomic mass is 16.7. The lowest BCUT2D eigenvalue weighted by atomic mass is 9.84. The maximum Gasteiger partial charge on any atom is 0.186 e. The summed E-state index contributed by atoms with van der Waals surface area (Å²) in [6.07, 6.45) is 5.43. The molecule has 0 radical (unpaired) electrons. The molecule has 2 saturated heterocycles. The summed E-state index contributed by atoms with van der Waals surface area (Å²) in [4.78, 5) is 13.1. The summed E-state index contributed by atoms with van der Waals surface area (Å²) in [7, 11) is 3.61. The van der Waals surface area contributed by atoms with E-state index in [0.717, 1.165) is 142 Å². The van der Waals surface area contributed by atoms with Crippen LogP contribution in [0.25, 0.3) is 22.4 Å². The van der Waals surface area contributed by atoms with E-state index in [9.17, 15) is 20.4 Å². The Balaban J connectivity index is 0.618. The number of aliphatic hydroxyl groups is 4. The molecular formula is C55H85N17O10. The first-order valence-corrected chi connectivity index (χ1v) is 28.9. The van der Waals surface area contributed by atoms with Gasteiger partial charge in [0, 0.05) is 88.7 Å². The number of aliphatic hydroxyl groups excluding tert-OH is 4. The van der Waals surface area contributed by atoms with E-state index in [1.54, 1.807) is 4.68 Å². The second-order valence-corrected chi connectivity index (χ2v) is 22.0. The van der Waals surface area contributed by atoms with Crippen molar-refractivity contribution in [2.45, 2.75) is 170 Å². The van der Waals surface area contributed by atoms with Crippen LogP contribution in [0.3, 0.4) is 0 Å². The molecule has 0 spiro atoms. The standard InChI is InChI=1S/C55H85N17O10/c1-68-21-23-69(24-22-68)39-15-18-43-44(27-39)61-53(60-43)35-13-16-40(17-14-35)79-33-38-32-71(67-64-38)20-10-6-4-3-5-9-19-70-30-36(62-65-70)11-7-8-12-37-31-72(66-63-37)25-26-78-54(82-52-48(74)41(57)28-42(58)51(52)77-2)45(73)34-80-55-47(59)50(76)49(75)46(29-56)81-55/h13-18,27,30-32,41-42,45-52,54-55,73-76H,3-12,19-26,28-29,33-34,56-59H2,1-2H3,(H,60,61)/t41-,42?,45?,46?,47?,48?,49-,50?,51-,52?,54?,55+/m1/s1. The van der Waals surface area contributed by atoms with Crippen molar-refractivity contribution in [3.63, 3.8) is 0 Å². The van der Waals surface area contributed by atoms with E-state index in [4.69, 9.17) is 56.3 Å². The number of methoxy groups -OCH3 is 1. The lowest BCUT2D eigenvalue weighted by molar-refractivity contribution is -0.289. The number of hydrogen-bond donors (Lipinski definition) is 9. The Bertz CT molecular complexity index is 2830. The van der Waals surface area contributed by atoms with E-state index in [-0.39, 0.29) is 19.7 Å². The van der Waals surface area contributed by atoms with Crippen molar-refractivity contribution < 1.29 is 48.8 Å². The third-order valence-corrected chi connectivity index (χ3v) is 15.7. The Kier molecular flexibility index (Phi) is 22.1. The molecule has 3 fully saturated rings. The van der Waals surface area contributed by atoms with Crippen LogP contribution < -0.4 is 32.6 Å². The van der Waals surface area contributed by atoms with Gasteiger partial charge in [-0.1, -0.05) is 41.3 Å². The minimum Gasteiger partial charge on any atom is -0.487 e. The SMILES string of the molecule is CO[C@@H]1C(N)C[C@@H](N)C(O)C1OC(OCCn1cc(CCCCc2cn(CCCCCCCCn3cc(COc4ccc(-c5nc6ccc(N7CCN(C)CC7)cc6[nH]5)cc4)nn3)nn2)nn1)C(O)CO[C@H]1OC(CN)[C@@H](O)C(O)C1N. The Labute approximate surface area is 477 Å². The number of imidazole rings is 1. The number of nitrogens with one attached hydrogen (secondary N) is 1.